The van der Waals surface area contributed by atoms with Crippen molar-refractivity contribution in [1.29, 1.82) is 0 Å². The molecule has 2 aromatic rings. The van der Waals surface area contributed by atoms with Crippen molar-refractivity contribution < 1.29 is 58.9 Å². The Hall–Kier alpha value is -4.12. The van der Waals surface area contributed by atoms with Crippen LogP contribution in [0, 0.1) is 13.8 Å². The zero-order chi connectivity index (χ0) is 31.6. The second-order valence-corrected chi connectivity index (χ2v) is 10.7. The van der Waals surface area contributed by atoms with Gasteiger partial charge in [-0.15, -0.1) is 0 Å². The Morgan fingerprint density at radius 2 is 1.16 bits per heavy atom. The van der Waals surface area contributed by atoms with Crippen molar-refractivity contribution in [3.05, 3.63) is 104 Å². The summed E-state index contributed by atoms with van der Waals surface area (Å²) in [6.07, 6.45) is 7.58. The number of amides is 2. The molecule has 0 unspecified atom stereocenters. The number of nitrogens with one attached hydrogen (secondary N) is 4. The Kier molecular flexibility index (Phi) is 11.0. The summed E-state index contributed by atoms with van der Waals surface area (Å²) in [5.74, 6) is -2.28. The minimum Gasteiger partial charge on any atom is -0.481 e. The van der Waals surface area contributed by atoms with E-state index >= 15 is 0 Å². The standard InChI is InChI=1S/C33H36N4O6.Na/c1-7-20-19(6)32(42)37-27(20)14-25-18(5)23(10-12-31(40)41)29(35-25)15-28-22(9-11-30(38)39)17(4)24(34-28)13-26-16(3)21(8-2)33(43)36-26;/h7-8,13-14,34-35H,1-2,9-12,15H2,3-6H3,(H,36,43)(H,37,42)(H,38,39)(H,40,41);/q;+1/b26-13-,27-14-;. The number of carboxylic acid groups (broad SMARTS) is 2. The third-order valence-electron chi connectivity index (χ3n) is 8.11. The summed E-state index contributed by atoms with van der Waals surface area (Å²) < 4.78 is 0. The van der Waals surface area contributed by atoms with Crippen LogP contribution in [-0.2, 0) is 38.4 Å². The first-order valence-corrected chi connectivity index (χ1v) is 13.9. The van der Waals surface area contributed by atoms with Crippen LogP contribution in [0.5, 0.6) is 0 Å². The van der Waals surface area contributed by atoms with E-state index < -0.39 is 11.9 Å². The van der Waals surface area contributed by atoms with Crippen LogP contribution in [0.1, 0.15) is 71.7 Å². The predicted octanol–water partition coefficient (Wildman–Crippen LogP) is 1.54. The van der Waals surface area contributed by atoms with Gasteiger partial charge in [0.2, 0.25) is 0 Å². The molecular formula is C33H36N4NaO6+. The van der Waals surface area contributed by atoms with Crippen molar-refractivity contribution in [3.63, 3.8) is 0 Å². The SMILES string of the molecule is C=CC1=C(C)/C(=C/c2[nH]c(Cc3[nH]c(/C=C4\NC(=O)C(C)=C4C=C)c(C)c3CCC(=O)O)c(CCC(=O)O)c2C)NC1=O.[Na+]. The molecule has 10 nitrogen and oxygen atoms in total. The zero-order valence-electron chi connectivity index (χ0n) is 25.8. The number of aromatic amines is 2. The molecule has 2 aliphatic rings. The van der Waals surface area contributed by atoms with Crippen LogP contribution in [0.4, 0.5) is 0 Å². The van der Waals surface area contributed by atoms with Gasteiger partial charge in [0.15, 0.2) is 0 Å². The molecule has 2 aliphatic heterocycles. The zero-order valence-corrected chi connectivity index (χ0v) is 27.8. The van der Waals surface area contributed by atoms with Gasteiger partial charge in [-0.05, 0) is 80.5 Å². The van der Waals surface area contributed by atoms with E-state index in [0.717, 1.165) is 50.6 Å². The van der Waals surface area contributed by atoms with Gasteiger partial charge in [-0.25, -0.2) is 0 Å². The molecule has 2 aromatic heterocycles. The molecule has 0 saturated carbocycles. The number of aromatic nitrogens is 2. The largest absolute Gasteiger partial charge is 1.00 e. The summed E-state index contributed by atoms with van der Waals surface area (Å²) in [4.78, 5) is 54.5. The van der Waals surface area contributed by atoms with Crippen LogP contribution in [0.3, 0.4) is 0 Å². The first-order chi connectivity index (χ1) is 20.4. The van der Waals surface area contributed by atoms with E-state index in [0.29, 0.717) is 34.5 Å². The number of carboxylic acids is 2. The van der Waals surface area contributed by atoms with Crippen LogP contribution < -0.4 is 40.2 Å². The normalized spacial score (nSPS) is 16.5. The molecule has 0 atom stereocenters. The summed E-state index contributed by atoms with van der Waals surface area (Å²) in [7, 11) is 0. The predicted molar refractivity (Wildman–Crippen MR) is 164 cm³/mol. The van der Waals surface area contributed by atoms with E-state index in [1.54, 1.807) is 13.0 Å². The van der Waals surface area contributed by atoms with Gasteiger partial charge in [0.05, 0.1) is 5.70 Å². The summed E-state index contributed by atoms with van der Waals surface area (Å²) in [5, 5.41) is 24.6. The van der Waals surface area contributed by atoms with Crippen molar-refractivity contribution in [1.82, 2.24) is 20.6 Å². The molecule has 224 valence electrons. The summed E-state index contributed by atoms with van der Waals surface area (Å²) >= 11 is 0. The number of allylic oxidation sites excluding steroid dienone is 2. The maximum absolute atomic E-state index is 12.3. The van der Waals surface area contributed by atoms with Crippen LogP contribution in [-0.4, -0.2) is 43.9 Å². The molecule has 2 amide bonds. The molecular weight excluding hydrogens is 571 g/mol. The Balaban J connectivity index is 0.00000529. The Labute approximate surface area is 278 Å². The van der Waals surface area contributed by atoms with Gasteiger partial charge in [-0.1, -0.05) is 25.3 Å². The maximum Gasteiger partial charge on any atom is 1.00 e. The monoisotopic (exact) mass is 607 g/mol. The number of rotatable bonds is 12. The minimum atomic E-state index is -0.922. The smallest absolute Gasteiger partial charge is 0.481 e. The molecule has 44 heavy (non-hydrogen) atoms. The number of hydrogen-bond acceptors (Lipinski definition) is 4. The molecule has 0 aromatic carbocycles. The van der Waals surface area contributed by atoms with Crippen molar-refractivity contribution in [2.75, 3.05) is 0 Å². The van der Waals surface area contributed by atoms with Gasteiger partial charge in [0.25, 0.3) is 11.8 Å². The molecule has 0 bridgehead atoms. The molecule has 0 saturated heterocycles. The third kappa shape index (κ3) is 6.99. The van der Waals surface area contributed by atoms with Crippen LogP contribution in [0.25, 0.3) is 12.2 Å². The molecule has 11 heteroatoms. The molecule has 0 spiro atoms. The third-order valence-corrected chi connectivity index (χ3v) is 8.11. The summed E-state index contributed by atoms with van der Waals surface area (Å²) in [6, 6.07) is 0. The minimum absolute atomic E-state index is 0. The summed E-state index contributed by atoms with van der Waals surface area (Å²) in [5.41, 5.74) is 10.2. The second kappa shape index (κ2) is 14.1. The van der Waals surface area contributed by atoms with Gasteiger partial charge >= 0.3 is 41.5 Å². The fourth-order valence-electron chi connectivity index (χ4n) is 5.61. The molecule has 4 rings (SSSR count). The average molecular weight is 608 g/mol. The van der Waals surface area contributed by atoms with Crippen molar-refractivity contribution in [3.8, 4) is 0 Å². The second-order valence-electron chi connectivity index (χ2n) is 10.7. The van der Waals surface area contributed by atoms with E-state index in [4.69, 9.17) is 0 Å². The average Bonchev–Trinajstić information content (AvgIpc) is 3.59. The molecule has 4 heterocycles. The molecule has 0 fully saturated rings. The van der Waals surface area contributed by atoms with Crippen molar-refractivity contribution >= 4 is 35.9 Å². The molecule has 0 radical (unpaired) electrons. The van der Waals surface area contributed by atoms with Gasteiger partial charge in [-0.3, -0.25) is 19.2 Å². The van der Waals surface area contributed by atoms with Gasteiger partial charge in [0, 0.05) is 64.5 Å². The van der Waals surface area contributed by atoms with E-state index in [1.165, 1.54) is 6.08 Å². The Morgan fingerprint density at radius 3 is 1.59 bits per heavy atom. The fourth-order valence-corrected chi connectivity index (χ4v) is 5.61. The number of aliphatic carboxylic acids is 2. The van der Waals surface area contributed by atoms with E-state index in [-0.39, 0.29) is 67.1 Å². The maximum atomic E-state index is 12.3. The van der Waals surface area contributed by atoms with E-state index in [1.807, 2.05) is 32.9 Å². The van der Waals surface area contributed by atoms with E-state index in [9.17, 15) is 29.4 Å². The number of carbonyl (C=O) groups is 4. The number of carbonyl (C=O) groups excluding carboxylic acids is 2. The number of H-pyrrole nitrogens is 2. The Bertz CT molecular complexity index is 1710. The van der Waals surface area contributed by atoms with Crippen LogP contribution in [0.15, 0.2) is 59.0 Å². The molecule has 6 N–H and O–H groups in total. The fraction of sp³-hybridized carbons (Fsp3) is 0.273. The Morgan fingerprint density at radius 1 is 0.705 bits per heavy atom. The quantitative estimate of drug-likeness (QED) is 0.201. The van der Waals surface area contributed by atoms with Gasteiger partial charge in [0.1, 0.15) is 0 Å². The summed E-state index contributed by atoms with van der Waals surface area (Å²) in [6.45, 7) is 14.9. The van der Waals surface area contributed by atoms with E-state index in [2.05, 4.69) is 33.8 Å². The molecule has 0 aliphatic carbocycles. The number of hydrogen-bond donors (Lipinski definition) is 6. The van der Waals surface area contributed by atoms with Crippen molar-refractivity contribution in [2.45, 2.75) is 59.8 Å². The topological polar surface area (TPSA) is 164 Å². The van der Waals surface area contributed by atoms with Crippen LogP contribution >= 0.6 is 0 Å². The van der Waals surface area contributed by atoms with Crippen LogP contribution in [0.2, 0.25) is 0 Å². The van der Waals surface area contributed by atoms with Gasteiger partial charge < -0.3 is 30.8 Å². The first kappa shape index (κ1) is 34.4. The van der Waals surface area contributed by atoms with Crippen molar-refractivity contribution in [2.24, 2.45) is 0 Å². The first-order valence-electron chi connectivity index (χ1n) is 13.9. The van der Waals surface area contributed by atoms with Gasteiger partial charge in [-0.2, -0.15) is 0 Å².